The molecule has 0 bridgehead atoms. The highest BCUT2D eigenvalue weighted by molar-refractivity contribution is 5.95. The summed E-state index contributed by atoms with van der Waals surface area (Å²) in [5.41, 5.74) is 2.04. The van der Waals surface area contributed by atoms with Crippen LogP contribution in [0.5, 0.6) is 0 Å². The second kappa shape index (κ2) is 8.59. The smallest absolute Gasteiger partial charge is 0.334 e. The summed E-state index contributed by atoms with van der Waals surface area (Å²) in [5, 5.41) is 20.3. The number of nitriles is 2. The zero-order valence-corrected chi connectivity index (χ0v) is 16.6. The summed E-state index contributed by atoms with van der Waals surface area (Å²) < 4.78 is 5.23. The fourth-order valence-corrected chi connectivity index (χ4v) is 3.99. The molecular weight excluding hydrogens is 360 g/mol. The van der Waals surface area contributed by atoms with E-state index in [1.165, 1.54) is 0 Å². The lowest BCUT2D eigenvalue weighted by Gasteiger charge is -2.26. The van der Waals surface area contributed by atoms with Gasteiger partial charge in [0.15, 0.2) is 5.41 Å². The number of carbonyl (C=O) groups excluding carboxylic acids is 1. The van der Waals surface area contributed by atoms with Gasteiger partial charge in [0.05, 0.1) is 18.7 Å². The van der Waals surface area contributed by atoms with E-state index >= 15 is 0 Å². The Kier molecular flexibility index (Phi) is 5.96. The predicted molar refractivity (Wildman–Crippen MR) is 111 cm³/mol. The molecule has 0 heterocycles. The van der Waals surface area contributed by atoms with Gasteiger partial charge in [-0.15, -0.1) is 0 Å². The molecule has 0 spiro atoms. The summed E-state index contributed by atoms with van der Waals surface area (Å²) in [6.45, 7) is 3.86. The standard InChI is InChI=1S/C25H22N2O2/c1-3-21-20(24(28)29-4-2)15-22(25(21,16-26)17-27)23(18-11-7-5-8-12-18)19-13-9-6-10-14-19/h5-15,21H,3-4H2,1-2H3. The molecule has 29 heavy (non-hydrogen) atoms. The van der Waals surface area contributed by atoms with Crippen LogP contribution in [0.15, 0.2) is 77.9 Å². The van der Waals surface area contributed by atoms with Gasteiger partial charge in [-0.25, -0.2) is 4.79 Å². The van der Waals surface area contributed by atoms with Crippen molar-refractivity contribution >= 4 is 11.5 Å². The van der Waals surface area contributed by atoms with Crippen molar-refractivity contribution in [1.29, 1.82) is 10.5 Å². The predicted octanol–water partition coefficient (Wildman–Crippen LogP) is 5.05. The highest BCUT2D eigenvalue weighted by atomic mass is 16.5. The molecule has 2 aromatic carbocycles. The molecule has 0 amide bonds. The van der Waals surface area contributed by atoms with Crippen molar-refractivity contribution in [1.82, 2.24) is 0 Å². The lowest BCUT2D eigenvalue weighted by atomic mass is 9.71. The average Bonchev–Trinajstić information content (AvgIpc) is 3.10. The summed E-state index contributed by atoms with van der Waals surface area (Å²) in [7, 11) is 0. The first-order valence-corrected chi connectivity index (χ1v) is 9.69. The fourth-order valence-electron chi connectivity index (χ4n) is 3.99. The van der Waals surface area contributed by atoms with Crippen LogP contribution in [0.25, 0.3) is 5.57 Å². The van der Waals surface area contributed by atoms with Gasteiger partial charge in [-0.3, -0.25) is 0 Å². The van der Waals surface area contributed by atoms with Crippen molar-refractivity contribution in [3.05, 3.63) is 89.0 Å². The van der Waals surface area contributed by atoms with Gasteiger partial charge in [0.25, 0.3) is 0 Å². The van der Waals surface area contributed by atoms with Crippen molar-refractivity contribution in [3.8, 4) is 12.1 Å². The lowest BCUT2D eigenvalue weighted by molar-refractivity contribution is -0.139. The molecule has 0 fully saturated rings. The van der Waals surface area contributed by atoms with E-state index in [1.54, 1.807) is 13.0 Å². The van der Waals surface area contributed by atoms with E-state index in [0.29, 0.717) is 17.6 Å². The maximum absolute atomic E-state index is 12.6. The van der Waals surface area contributed by atoms with Gasteiger partial charge in [-0.1, -0.05) is 67.6 Å². The SMILES string of the molecule is CCOC(=O)C1=CC(=C(c2ccccc2)c2ccccc2)C(C#N)(C#N)C1CC. The van der Waals surface area contributed by atoms with Gasteiger partial charge in [0.2, 0.25) is 0 Å². The molecular formula is C25H22N2O2. The van der Waals surface area contributed by atoms with Crippen molar-refractivity contribution < 1.29 is 9.53 Å². The van der Waals surface area contributed by atoms with E-state index in [9.17, 15) is 15.3 Å². The van der Waals surface area contributed by atoms with E-state index in [0.717, 1.165) is 16.7 Å². The Morgan fingerprint density at radius 1 is 0.966 bits per heavy atom. The molecule has 1 aliphatic rings. The van der Waals surface area contributed by atoms with Crippen molar-refractivity contribution in [2.24, 2.45) is 11.3 Å². The molecule has 0 N–H and O–H groups in total. The van der Waals surface area contributed by atoms with E-state index in [2.05, 4.69) is 12.1 Å². The Morgan fingerprint density at radius 3 is 1.90 bits per heavy atom. The van der Waals surface area contributed by atoms with Gasteiger partial charge in [0.1, 0.15) is 0 Å². The molecule has 4 heteroatoms. The number of allylic oxidation sites excluding steroid dienone is 2. The summed E-state index contributed by atoms with van der Waals surface area (Å²) in [6.07, 6.45) is 2.18. The van der Waals surface area contributed by atoms with Crippen LogP contribution < -0.4 is 0 Å². The zero-order chi connectivity index (χ0) is 20.9. The van der Waals surface area contributed by atoms with Crippen LogP contribution in [0.2, 0.25) is 0 Å². The third kappa shape index (κ3) is 3.46. The number of carbonyl (C=O) groups is 1. The first-order valence-electron chi connectivity index (χ1n) is 9.69. The highest BCUT2D eigenvalue weighted by Crippen LogP contribution is 2.51. The van der Waals surface area contributed by atoms with E-state index in [4.69, 9.17) is 4.74 Å². The van der Waals surface area contributed by atoms with E-state index < -0.39 is 17.3 Å². The zero-order valence-electron chi connectivity index (χ0n) is 16.6. The molecule has 1 aliphatic carbocycles. The van der Waals surface area contributed by atoms with Crippen molar-refractivity contribution in [2.75, 3.05) is 6.61 Å². The Hall–Kier alpha value is -3.63. The van der Waals surface area contributed by atoms with Gasteiger partial charge >= 0.3 is 5.97 Å². The van der Waals surface area contributed by atoms with Gasteiger partial charge in [-0.05, 0) is 41.7 Å². The molecule has 1 unspecified atom stereocenters. The number of benzene rings is 2. The number of esters is 1. The Labute approximate surface area is 171 Å². The molecule has 0 radical (unpaired) electrons. The number of hydrogen-bond donors (Lipinski definition) is 0. The monoisotopic (exact) mass is 382 g/mol. The van der Waals surface area contributed by atoms with Crippen LogP contribution in [0.3, 0.4) is 0 Å². The van der Waals surface area contributed by atoms with Crippen molar-refractivity contribution in [3.63, 3.8) is 0 Å². The minimum atomic E-state index is -1.46. The van der Waals surface area contributed by atoms with Crippen LogP contribution >= 0.6 is 0 Å². The molecule has 144 valence electrons. The van der Waals surface area contributed by atoms with E-state index in [1.807, 2.05) is 67.6 Å². The largest absolute Gasteiger partial charge is 0.463 e. The third-order valence-corrected chi connectivity index (χ3v) is 5.29. The van der Waals surface area contributed by atoms with Gasteiger partial charge < -0.3 is 4.74 Å². The van der Waals surface area contributed by atoms with Crippen LogP contribution in [-0.2, 0) is 9.53 Å². The Bertz CT molecular complexity index is 982. The lowest BCUT2D eigenvalue weighted by Crippen LogP contribution is -2.28. The summed E-state index contributed by atoms with van der Waals surface area (Å²) in [4.78, 5) is 12.6. The maximum Gasteiger partial charge on any atom is 0.334 e. The highest BCUT2D eigenvalue weighted by Gasteiger charge is 2.51. The van der Waals surface area contributed by atoms with Crippen LogP contribution in [0, 0.1) is 34.0 Å². The topological polar surface area (TPSA) is 73.9 Å². The number of ether oxygens (including phenoxy) is 1. The Balaban J connectivity index is 2.39. The second-order valence-electron chi connectivity index (χ2n) is 6.83. The Morgan fingerprint density at radius 2 is 1.48 bits per heavy atom. The molecule has 0 aromatic heterocycles. The number of nitrogens with zero attached hydrogens (tertiary/aromatic N) is 2. The second-order valence-corrected chi connectivity index (χ2v) is 6.83. The molecule has 1 atom stereocenters. The first-order chi connectivity index (χ1) is 14.1. The maximum atomic E-state index is 12.6. The van der Waals surface area contributed by atoms with E-state index in [-0.39, 0.29) is 6.61 Å². The molecule has 0 aliphatic heterocycles. The van der Waals surface area contributed by atoms with Crippen molar-refractivity contribution in [2.45, 2.75) is 20.3 Å². The van der Waals surface area contributed by atoms with Gasteiger partial charge in [0, 0.05) is 11.5 Å². The minimum absolute atomic E-state index is 0.238. The molecule has 3 rings (SSSR count). The molecule has 0 saturated carbocycles. The summed E-state index contributed by atoms with van der Waals surface area (Å²) >= 11 is 0. The summed E-state index contributed by atoms with van der Waals surface area (Å²) in [5.74, 6) is -1.02. The number of hydrogen-bond acceptors (Lipinski definition) is 4. The van der Waals surface area contributed by atoms with Gasteiger partial charge in [-0.2, -0.15) is 10.5 Å². The third-order valence-electron chi connectivity index (χ3n) is 5.29. The normalized spacial score (nSPS) is 17.0. The quantitative estimate of drug-likeness (QED) is 0.678. The first kappa shape index (κ1) is 20.1. The van der Waals surface area contributed by atoms with Crippen LogP contribution in [-0.4, -0.2) is 12.6 Å². The average molecular weight is 382 g/mol. The summed E-state index contributed by atoms with van der Waals surface area (Å²) in [6, 6.07) is 23.8. The fraction of sp³-hybridized carbons (Fsp3) is 0.240. The molecule has 2 aromatic rings. The number of rotatable bonds is 5. The molecule has 4 nitrogen and oxygen atoms in total. The molecule has 0 saturated heterocycles. The minimum Gasteiger partial charge on any atom is -0.463 e. The van der Waals surface area contributed by atoms with Crippen LogP contribution in [0.1, 0.15) is 31.4 Å². The van der Waals surface area contributed by atoms with Crippen LogP contribution in [0.4, 0.5) is 0 Å².